The molecule has 12 aromatic carbocycles. The number of fused-ring (bicyclic) bond motifs is 10. The van der Waals surface area contributed by atoms with Gasteiger partial charge in [-0.2, -0.15) is 0 Å². The third-order valence-electron chi connectivity index (χ3n) is 12.6. The molecule has 1 heteroatoms. The first-order chi connectivity index (χ1) is 28.2. The summed E-state index contributed by atoms with van der Waals surface area (Å²) in [6, 6.07) is 71.6. The van der Waals surface area contributed by atoms with Crippen molar-refractivity contribution in [2.24, 2.45) is 0 Å². The van der Waals surface area contributed by atoms with Crippen LogP contribution in [-0.4, -0.2) is 0 Å². The number of rotatable bonds is 3. The van der Waals surface area contributed by atoms with Crippen LogP contribution in [-0.2, 0) is 0 Å². The van der Waals surface area contributed by atoms with Crippen molar-refractivity contribution >= 4 is 97.3 Å². The van der Waals surface area contributed by atoms with Crippen LogP contribution < -0.4 is 0 Å². The van der Waals surface area contributed by atoms with E-state index in [0.29, 0.717) is 0 Å². The van der Waals surface area contributed by atoms with Crippen molar-refractivity contribution < 1.29 is 4.42 Å². The average molecular weight is 721 g/mol. The fourth-order valence-electron chi connectivity index (χ4n) is 9.90. The predicted molar refractivity (Wildman–Crippen MR) is 244 cm³/mol. The highest BCUT2D eigenvalue weighted by atomic mass is 16.3. The molecule has 0 saturated carbocycles. The molecular formula is C56H32O. The van der Waals surface area contributed by atoms with Gasteiger partial charge in [0.2, 0.25) is 0 Å². The molecule has 57 heavy (non-hydrogen) atoms. The van der Waals surface area contributed by atoms with Crippen LogP contribution in [0.5, 0.6) is 0 Å². The Morgan fingerprint density at radius 1 is 0.228 bits per heavy atom. The maximum Gasteiger partial charge on any atom is 0.143 e. The molecule has 0 atom stereocenters. The number of hydrogen-bond donors (Lipinski definition) is 0. The van der Waals surface area contributed by atoms with Gasteiger partial charge in [-0.25, -0.2) is 0 Å². The molecule has 1 aromatic heterocycles. The Hall–Kier alpha value is -7.48. The standard InChI is InChI=1S/C56H32O/c1-3-12-43-34(8-1)20-23-40-30-49(45-14-5-6-15-46(45)53(40)43)51-32-41(31-50-48-29-24-35-9-2-4-13-44(35)55(48)57-56(50)51)33-16-18-36(19-17-33)42-27-25-39-22-21-37-10-7-11-38-26-28-47(42)54(39)52(37)38/h1-32H. The summed E-state index contributed by atoms with van der Waals surface area (Å²) in [5.41, 5.74) is 8.93. The van der Waals surface area contributed by atoms with Crippen LogP contribution in [0.1, 0.15) is 0 Å². The smallest absolute Gasteiger partial charge is 0.143 e. The minimum atomic E-state index is 0.917. The van der Waals surface area contributed by atoms with Crippen molar-refractivity contribution in [1.29, 1.82) is 0 Å². The molecule has 262 valence electrons. The summed E-state index contributed by atoms with van der Waals surface area (Å²) in [5, 5.41) is 19.9. The number of furan rings is 1. The van der Waals surface area contributed by atoms with E-state index in [4.69, 9.17) is 4.42 Å². The van der Waals surface area contributed by atoms with Gasteiger partial charge in [0.15, 0.2) is 0 Å². The van der Waals surface area contributed by atoms with Gasteiger partial charge in [0.05, 0.1) is 0 Å². The second kappa shape index (κ2) is 11.5. The quantitative estimate of drug-likeness (QED) is 0.166. The molecular weight excluding hydrogens is 689 g/mol. The van der Waals surface area contributed by atoms with E-state index < -0.39 is 0 Å². The maximum absolute atomic E-state index is 7.04. The molecule has 0 aliphatic rings. The highest BCUT2D eigenvalue weighted by molar-refractivity contribution is 6.27. The van der Waals surface area contributed by atoms with E-state index in [1.54, 1.807) is 0 Å². The van der Waals surface area contributed by atoms with E-state index in [1.165, 1.54) is 92.3 Å². The van der Waals surface area contributed by atoms with Gasteiger partial charge in [-0.1, -0.05) is 170 Å². The molecule has 0 spiro atoms. The Morgan fingerprint density at radius 2 is 0.807 bits per heavy atom. The first-order valence-electron chi connectivity index (χ1n) is 19.7. The third-order valence-corrected chi connectivity index (χ3v) is 12.6. The predicted octanol–water partition coefficient (Wildman–Crippen LogP) is 16.1. The molecule has 0 fully saturated rings. The Bertz CT molecular complexity index is 3770. The highest BCUT2D eigenvalue weighted by Gasteiger charge is 2.20. The maximum atomic E-state index is 7.04. The van der Waals surface area contributed by atoms with Crippen LogP contribution >= 0.6 is 0 Å². The molecule has 1 heterocycles. The van der Waals surface area contributed by atoms with Gasteiger partial charge in [0.25, 0.3) is 0 Å². The van der Waals surface area contributed by atoms with Crippen molar-refractivity contribution in [2.45, 2.75) is 0 Å². The van der Waals surface area contributed by atoms with Crippen molar-refractivity contribution in [3.05, 3.63) is 194 Å². The first kappa shape index (κ1) is 30.8. The Kier molecular flexibility index (Phi) is 6.23. The van der Waals surface area contributed by atoms with E-state index >= 15 is 0 Å². The summed E-state index contributed by atoms with van der Waals surface area (Å²) in [6.45, 7) is 0. The van der Waals surface area contributed by atoms with Crippen LogP contribution in [0, 0.1) is 0 Å². The fraction of sp³-hybridized carbons (Fsp3) is 0. The summed E-state index contributed by atoms with van der Waals surface area (Å²) in [4.78, 5) is 0. The molecule has 0 amide bonds. The lowest BCUT2D eigenvalue weighted by molar-refractivity contribution is 0.674. The van der Waals surface area contributed by atoms with Crippen molar-refractivity contribution in [1.82, 2.24) is 0 Å². The summed E-state index contributed by atoms with van der Waals surface area (Å²) < 4.78 is 7.04. The zero-order chi connectivity index (χ0) is 37.2. The van der Waals surface area contributed by atoms with Crippen LogP contribution in [0.4, 0.5) is 0 Å². The largest absolute Gasteiger partial charge is 0.455 e. The molecule has 13 aromatic rings. The molecule has 0 aliphatic carbocycles. The van der Waals surface area contributed by atoms with Crippen molar-refractivity contribution in [2.75, 3.05) is 0 Å². The highest BCUT2D eigenvalue weighted by Crippen LogP contribution is 2.46. The SMILES string of the molecule is c1ccc2c(c1)ccc1c3cc(-c4ccc(-c5ccc6ccc7cccc8ccc5c6c78)cc4)cc(-c4cc5ccc6ccccc6c5c5ccccc45)c3oc21. The summed E-state index contributed by atoms with van der Waals surface area (Å²) >= 11 is 0. The molecule has 0 radical (unpaired) electrons. The van der Waals surface area contributed by atoms with Crippen molar-refractivity contribution in [3.8, 4) is 33.4 Å². The lowest BCUT2D eigenvalue weighted by Crippen LogP contribution is -1.89. The summed E-state index contributed by atoms with van der Waals surface area (Å²) in [5.74, 6) is 0. The molecule has 0 N–H and O–H groups in total. The zero-order valence-corrected chi connectivity index (χ0v) is 30.9. The minimum absolute atomic E-state index is 0.917. The first-order valence-corrected chi connectivity index (χ1v) is 19.7. The van der Waals surface area contributed by atoms with E-state index in [1.807, 2.05) is 0 Å². The van der Waals surface area contributed by atoms with E-state index in [-0.39, 0.29) is 0 Å². The summed E-state index contributed by atoms with van der Waals surface area (Å²) in [6.07, 6.45) is 0. The Morgan fingerprint density at radius 3 is 1.63 bits per heavy atom. The lowest BCUT2D eigenvalue weighted by atomic mass is 9.88. The van der Waals surface area contributed by atoms with Crippen molar-refractivity contribution in [3.63, 3.8) is 0 Å². The lowest BCUT2D eigenvalue weighted by Gasteiger charge is -2.15. The van der Waals surface area contributed by atoms with Gasteiger partial charge >= 0.3 is 0 Å². The molecule has 0 aliphatic heterocycles. The minimum Gasteiger partial charge on any atom is -0.455 e. The van der Waals surface area contributed by atoms with Crippen LogP contribution in [0.3, 0.4) is 0 Å². The zero-order valence-electron chi connectivity index (χ0n) is 30.9. The number of benzene rings is 12. The second-order valence-electron chi connectivity index (χ2n) is 15.6. The molecule has 13 rings (SSSR count). The van der Waals surface area contributed by atoms with Gasteiger partial charge in [-0.15, -0.1) is 0 Å². The topological polar surface area (TPSA) is 13.1 Å². The average Bonchev–Trinajstić information content (AvgIpc) is 3.67. The van der Waals surface area contributed by atoms with Gasteiger partial charge < -0.3 is 4.42 Å². The molecule has 0 saturated heterocycles. The molecule has 0 bridgehead atoms. The van der Waals surface area contributed by atoms with Crippen LogP contribution in [0.25, 0.3) is 131 Å². The van der Waals surface area contributed by atoms with Gasteiger partial charge in [-0.05, 0) is 122 Å². The normalized spacial score (nSPS) is 12.2. The monoisotopic (exact) mass is 720 g/mol. The van der Waals surface area contributed by atoms with Crippen LogP contribution in [0.2, 0.25) is 0 Å². The number of hydrogen-bond acceptors (Lipinski definition) is 1. The van der Waals surface area contributed by atoms with Crippen LogP contribution in [0.15, 0.2) is 199 Å². The van der Waals surface area contributed by atoms with E-state index in [0.717, 1.165) is 38.5 Å². The fourth-order valence-corrected chi connectivity index (χ4v) is 9.90. The van der Waals surface area contributed by atoms with E-state index in [2.05, 4.69) is 194 Å². The van der Waals surface area contributed by atoms with Gasteiger partial charge in [0, 0.05) is 21.7 Å². The second-order valence-corrected chi connectivity index (χ2v) is 15.6. The summed E-state index contributed by atoms with van der Waals surface area (Å²) in [7, 11) is 0. The molecule has 1 nitrogen and oxygen atoms in total. The molecule has 0 unspecified atom stereocenters. The van der Waals surface area contributed by atoms with Gasteiger partial charge in [-0.3, -0.25) is 0 Å². The Labute approximate surface area is 328 Å². The van der Waals surface area contributed by atoms with Gasteiger partial charge in [0.1, 0.15) is 11.2 Å². The third kappa shape index (κ3) is 4.40. The Balaban J connectivity index is 1.05. The van der Waals surface area contributed by atoms with E-state index in [9.17, 15) is 0 Å².